The van der Waals surface area contributed by atoms with E-state index in [1.807, 2.05) is 0 Å². The second-order valence-corrected chi connectivity index (χ2v) is 4.86. The molecule has 1 rings (SSSR count). The van der Waals surface area contributed by atoms with Gasteiger partial charge in [-0.05, 0) is 32.2 Å². The first-order valence-electron chi connectivity index (χ1n) is 6.65. The number of hydrogen-bond acceptors (Lipinski definition) is 3. The SMILES string of the molecule is N#CC1CCCCCC1NCCCCC(N)=O. The van der Waals surface area contributed by atoms with Crippen molar-refractivity contribution in [2.24, 2.45) is 11.7 Å². The second-order valence-electron chi connectivity index (χ2n) is 4.86. The van der Waals surface area contributed by atoms with Crippen molar-refractivity contribution in [1.82, 2.24) is 5.32 Å². The van der Waals surface area contributed by atoms with Crippen molar-refractivity contribution in [2.45, 2.75) is 57.4 Å². The van der Waals surface area contributed by atoms with E-state index in [1.165, 1.54) is 19.3 Å². The molecule has 0 aromatic carbocycles. The lowest BCUT2D eigenvalue weighted by Crippen LogP contribution is -2.35. The molecule has 1 aliphatic carbocycles. The maximum Gasteiger partial charge on any atom is 0.217 e. The fraction of sp³-hybridized carbons (Fsp3) is 0.846. The fourth-order valence-electron chi connectivity index (χ4n) is 2.42. The second kappa shape index (κ2) is 8.08. The van der Waals surface area contributed by atoms with Crippen LogP contribution in [0, 0.1) is 17.2 Å². The van der Waals surface area contributed by atoms with Gasteiger partial charge in [0.1, 0.15) is 0 Å². The van der Waals surface area contributed by atoms with E-state index >= 15 is 0 Å². The van der Waals surface area contributed by atoms with Crippen LogP contribution in [-0.2, 0) is 4.79 Å². The Balaban J connectivity index is 2.19. The Kier molecular flexibility index (Phi) is 6.64. The lowest BCUT2D eigenvalue weighted by molar-refractivity contribution is -0.118. The number of nitrogens with zero attached hydrogens (tertiary/aromatic N) is 1. The number of nitriles is 1. The van der Waals surface area contributed by atoms with E-state index in [0.717, 1.165) is 32.2 Å². The van der Waals surface area contributed by atoms with E-state index in [-0.39, 0.29) is 11.8 Å². The number of nitrogens with one attached hydrogen (secondary N) is 1. The molecule has 0 saturated heterocycles. The van der Waals surface area contributed by atoms with Gasteiger partial charge in [-0.15, -0.1) is 0 Å². The molecule has 0 heterocycles. The molecule has 4 nitrogen and oxygen atoms in total. The Morgan fingerprint density at radius 3 is 2.76 bits per heavy atom. The summed E-state index contributed by atoms with van der Waals surface area (Å²) in [5.41, 5.74) is 5.08. The topological polar surface area (TPSA) is 78.9 Å². The Morgan fingerprint density at radius 1 is 1.29 bits per heavy atom. The van der Waals surface area contributed by atoms with Crippen LogP contribution in [-0.4, -0.2) is 18.5 Å². The number of carbonyl (C=O) groups excluding carboxylic acids is 1. The molecule has 4 heteroatoms. The Hall–Kier alpha value is -1.08. The number of rotatable bonds is 6. The molecule has 2 unspecified atom stereocenters. The van der Waals surface area contributed by atoms with Gasteiger partial charge in [-0.25, -0.2) is 0 Å². The zero-order valence-corrected chi connectivity index (χ0v) is 10.5. The lowest BCUT2D eigenvalue weighted by Gasteiger charge is -2.20. The van der Waals surface area contributed by atoms with Gasteiger partial charge in [0.2, 0.25) is 5.91 Å². The predicted molar refractivity (Wildman–Crippen MR) is 67.0 cm³/mol. The van der Waals surface area contributed by atoms with E-state index in [9.17, 15) is 4.79 Å². The smallest absolute Gasteiger partial charge is 0.217 e. The van der Waals surface area contributed by atoms with Gasteiger partial charge in [0.15, 0.2) is 0 Å². The van der Waals surface area contributed by atoms with Crippen LogP contribution in [0.15, 0.2) is 0 Å². The Morgan fingerprint density at radius 2 is 2.06 bits per heavy atom. The van der Waals surface area contributed by atoms with Crippen molar-refractivity contribution in [2.75, 3.05) is 6.54 Å². The summed E-state index contributed by atoms with van der Waals surface area (Å²) in [6.07, 6.45) is 8.04. The minimum Gasteiger partial charge on any atom is -0.370 e. The summed E-state index contributed by atoms with van der Waals surface area (Å²) >= 11 is 0. The molecule has 1 amide bonds. The highest BCUT2D eigenvalue weighted by Crippen LogP contribution is 2.22. The maximum absolute atomic E-state index is 10.6. The molecule has 0 aliphatic heterocycles. The van der Waals surface area contributed by atoms with Crippen LogP contribution < -0.4 is 11.1 Å². The highest BCUT2D eigenvalue weighted by atomic mass is 16.1. The highest BCUT2D eigenvalue weighted by Gasteiger charge is 2.22. The molecule has 1 saturated carbocycles. The standard InChI is InChI=1S/C13H23N3O/c14-10-11-6-2-1-3-7-12(11)16-9-5-4-8-13(15)17/h11-12,16H,1-9H2,(H2,15,17). The number of nitrogens with two attached hydrogens (primary N) is 1. The van der Waals surface area contributed by atoms with Crippen LogP contribution in [0.1, 0.15) is 51.4 Å². The number of primary amides is 1. The quantitative estimate of drug-likeness (QED) is 0.545. The van der Waals surface area contributed by atoms with E-state index < -0.39 is 0 Å². The molecule has 1 fully saturated rings. The lowest BCUT2D eigenvalue weighted by atomic mass is 9.96. The zero-order valence-electron chi connectivity index (χ0n) is 10.5. The van der Waals surface area contributed by atoms with Gasteiger partial charge in [-0.2, -0.15) is 5.26 Å². The summed E-state index contributed by atoms with van der Waals surface area (Å²) in [5, 5.41) is 12.6. The molecule has 0 spiro atoms. The monoisotopic (exact) mass is 237 g/mol. The summed E-state index contributed by atoms with van der Waals surface area (Å²) in [4.78, 5) is 10.6. The van der Waals surface area contributed by atoms with Gasteiger partial charge in [0.05, 0.1) is 12.0 Å². The van der Waals surface area contributed by atoms with Crippen molar-refractivity contribution in [1.29, 1.82) is 5.26 Å². The summed E-state index contributed by atoms with van der Waals surface area (Å²) in [6.45, 7) is 0.885. The maximum atomic E-state index is 10.6. The Labute approximate surface area is 104 Å². The molecular formula is C13H23N3O. The zero-order chi connectivity index (χ0) is 12.5. The van der Waals surface area contributed by atoms with Gasteiger partial charge < -0.3 is 11.1 Å². The van der Waals surface area contributed by atoms with Crippen molar-refractivity contribution >= 4 is 5.91 Å². The third-order valence-electron chi connectivity index (χ3n) is 3.44. The molecule has 0 aromatic rings. The van der Waals surface area contributed by atoms with Gasteiger partial charge >= 0.3 is 0 Å². The average Bonchev–Trinajstić information content (AvgIpc) is 2.53. The summed E-state index contributed by atoms with van der Waals surface area (Å²) < 4.78 is 0. The number of carbonyl (C=O) groups is 1. The van der Waals surface area contributed by atoms with Gasteiger partial charge in [-0.1, -0.05) is 19.3 Å². The molecule has 17 heavy (non-hydrogen) atoms. The van der Waals surface area contributed by atoms with E-state index in [4.69, 9.17) is 11.0 Å². The minimum atomic E-state index is -0.227. The fourth-order valence-corrected chi connectivity index (χ4v) is 2.42. The van der Waals surface area contributed by atoms with Crippen LogP contribution >= 0.6 is 0 Å². The third-order valence-corrected chi connectivity index (χ3v) is 3.44. The minimum absolute atomic E-state index is 0.161. The van der Waals surface area contributed by atoms with E-state index in [2.05, 4.69) is 11.4 Å². The normalized spacial score (nSPS) is 24.9. The van der Waals surface area contributed by atoms with Crippen LogP contribution in [0.25, 0.3) is 0 Å². The first-order valence-corrected chi connectivity index (χ1v) is 6.65. The first-order chi connectivity index (χ1) is 8.24. The van der Waals surface area contributed by atoms with Crippen molar-refractivity contribution in [3.63, 3.8) is 0 Å². The molecule has 3 N–H and O–H groups in total. The molecular weight excluding hydrogens is 214 g/mol. The van der Waals surface area contributed by atoms with Crippen LogP contribution in [0.5, 0.6) is 0 Å². The van der Waals surface area contributed by atoms with Crippen LogP contribution in [0.4, 0.5) is 0 Å². The first kappa shape index (κ1) is 14.0. The molecule has 0 aromatic heterocycles. The molecule has 2 atom stereocenters. The average molecular weight is 237 g/mol. The van der Waals surface area contributed by atoms with Crippen molar-refractivity contribution in [3.8, 4) is 6.07 Å². The van der Waals surface area contributed by atoms with Crippen molar-refractivity contribution in [3.05, 3.63) is 0 Å². The summed E-state index contributed by atoms with van der Waals surface area (Å²) in [6, 6.07) is 2.76. The van der Waals surface area contributed by atoms with Gasteiger partial charge in [0.25, 0.3) is 0 Å². The number of hydrogen-bond donors (Lipinski definition) is 2. The van der Waals surface area contributed by atoms with E-state index in [0.29, 0.717) is 12.5 Å². The molecule has 1 aliphatic rings. The number of unbranched alkanes of at least 4 members (excludes halogenated alkanes) is 1. The van der Waals surface area contributed by atoms with Crippen LogP contribution in [0.3, 0.4) is 0 Å². The largest absolute Gasteiger partial charge is 0.370 e. The molecule has 96 valence electrons. The van der Waals surface area contributed by atoms with E-state index in [1.54, 1.807) is 0 Å². The van der Waals surface area contributed by atoms with Gasteiger partial charge in [-0.3, -0.25) is 4.79 Å². The highest BCUT2D eigenvalue weighted by molar-refractivity contribution is 5.73. The van der Waals surface area contributed by atoms with Gasteiger partial charge in [0, 0.05) is 12.5 Å². The third kappa shape index (κ3) is 5.69. The summed E-state index contributed by atoms with van der Waals surface area (Å²) in [5.74, 6) is -0.0667. The predicted octanol–water partition coefficient (Wildman–Crippen LogP) is 1.70. The summed E-state index contributed by atoms with van der Waals surface area (Å²) in [7, 11) is 0. The molecule has 0 bridgehead atoms. The van der Waals surface area contributed by atoms with Crippen molar-refractivity contribution < 1.29 is 4.79 Å². The number of amides is 1. The molecule has 0 radical (unpaired) electrons. The van der Waals surface area contributed by atoms with Crippen LogP contribution in [0.2, 0.25) is 0 Å². The Bertz CT molecular complexity index is 272.